The first kappa shape index (κ1) is 20.8. The highest BCUT2D eigenvalue weighted by molar-refractivity contribution is 5.97. The van der Waals surface area contributed by atoms with Crippen molar-refractivity contribution < 1.29 is 9.90 Å². The molecular formula is C24H30N6O2. The number of hydrogen-bond donors (Lipinski definition) is 2. The molecular weight excluding hydrogens is 404 g/mol. The number of benzene rings is 1. The van der Waals surface area contributed by atoms with Gasteiger partial charge in [-0.3, -0.25) is 4.79 Å². The first-order chi connectivity index (χ1) is 15.5. The van der Waals surface area contributed by atoms with Crippen LogP contribution in [0.25, 0.3) is 5.65 Å². The van der Waals surface area contributed by atoms with Crippen molar-refractivity contribution in [3.63, 3.8) is 0 Å². The smallest absolute Gasteiger partial charge is 0.258 e. The predicted molar refractivity (Wildman–Crippen MR) is 123 cm³/mol. The molecule has 8 nitrogen and oxygen atoms in total. The Balaban J connectivity index is 1.50. The number of likely N-dealkylation sites (tertiary alicyclic amines) is 1. The molecule has 2 saturated heterocycles. The summed E-state index contributed by atoms with van der Waals surface area (Å²) in [5, 5.41) is 15.1. The Morgan fingerprint density at radius 3 is 2.78 bits per heavy atom. The normalized spacial score (nSPS) is 21.8. The number of nitrogens with two attached hydrogens (primary N) is 1. The highest BCUT2D eigenvalue weighted by atomic mass is 16.3. The van der Waals surface area contributed by atoms with E-state index in [1.165, 1.54) is 0 Å². The fourth-order valence-corrected chi connectivity index (χ4v) is 4.95. The largest absolute Gasteiger partial charge is 0.507 e. The molecule has 2 aromatic heterocycles. The van der Waals surface area contributed by atoms with Crippen molar-refractivity contribution in [3.05, 3.63) is 53.3 Å². The number of carbonyl (C=O) groups is 1. The highest BCUT2D eigenvalue weighted by Crippen LogP contribution is 2.33. The molecule has 2 aliphatic heterocycles. The number of aryl methyl sites for hydroxylation is 1. The zero-order valence-corrected chi connectivity index (χ0v) is 18.4. The Labute approximate surface area is 187 Å². The van der Waals surface area contributed by atoms with Gasteiger partial charge in [-0.05, 0) is 38.3 Å². The van der Waals surface area contributed by atoms with E-state index in [4.69, 9.17) is 15.8 Å². The van der Waals surface area contributed by atoms with Gasteiger partial charge in [0, 0.05) is 43.5 Å². The van der Waals surface area contributed by atoms with Gasteiger partial charge in [0.2, 0.25) is 0 Å². The maximum absolute atomic E-state index is 13.4. The Morgan fingerprint density at radius 1 is 1.16 bits per heavy atom. The summed E-state index contributed by atoms with van der Waals surface area (Å²) in [5.41, 5.74) is 9.12. The lowest BCUT2D eigenvalue weighted by Gasteiger charge is -2.29. The van der Waals surface area contributed by atoms with Gasteiger partial charge in [-0.25, -0.2) is 9.50 Å². The molecule has 0 unspecified atom stereocenters. The maximum Gasteiger partial charge on any atom is 0.258 e. The maximum atomic E-state index is 13.4. The Hall–Kier alpha value is -3.13. The van der Waals surface area contributed by atoms with Gasteiger partial charge in [0.15, 0.2) is 5.65 Å². The van der Waals surface area contributed by atoms with E-state index in [1.54, 1.807) is 24.3 Å². The topological polar surface area (TPSA) is 100.0 Å². The van der Waals surface area contributed by atoms with E-state index in [0.717, 1.165) is 67.9 Å². The third-order valence-electron chi connectivity index (χ3n) is 6.64. The minimum atomic E-state index is -0.150. The van der Waals surface area contributed by atoms with Gasteiger partial charge in [-0.1, -0.05) is 25.0 Å². The number of para-hydroxylation sites is 1. The molecule has 4 heterocycles. The minimum absolute atomic E-state index is 0.0150. The average molecular weight is 435 g/mol. The molecule has 2 aliphatic rings. The highest BCUT2D eigenvalue weighted by Gasteiger charge is 2.31. The number of anilines is 1. The summed E-state index contributed by atoms with van der Waals surface area (Å²) in [4.78, 5) is 22.4. The van der Waals surface area contributed by atoms with Gasteiger partial charge >= 0.3 is 0 Å². The summed E-state index contributed by atoms with van der Waals surface area (Å²) in [6, 6.07) is 8.80. The molecule has 168 valence electrons. The molecule has 2 fully saturated rings. The van der Waals surface area contributed by atoms with E-state index in [9.17, 15) is 9.90 Å². The number of rotatable bonds is 3. The number of hydrogen-bond acceptors (Lipinski definition) is 6. The number of aromatic hydroxyl groups is 1. The summed E-state index contributed by atoms with van der Waals surface area (Å²) < 4.78 is 1.82. The molecule has 3 N–H and O–H groups in total. The monoisotopic (exact) mass is 434 g/mol. The summed E-state index contributed by atoms with van der Waals surface area (Å²) >= 11 is 0. The van der Waals surface area contributed by atoms with Crippen LogP contribution in [0.15, 0.2) is 36.5 Å². The second-order valence-corrected chi connectivity index (χ2v) is 9.00. The van der Waals surface area contributed by atoms with E-state index in [0.29, 0.717) is 12.1 Å². The van der Waals surface area contributed by atoms with Gasteiger partial charge in [-0.2, -0.15) is 5.10 Å². The summed E-state index contributed by atoms with van der Waals surface area (Å²) in [7, 11) is 0. The Morgan fingerprint density at radius 2 is 2.00 bits per heavy atom. The van der Waals surface area contributed by atoms with Gasteiger partial charge < -0.3 is 20.6 Å². The van der Waals surface area contributed by atoms with Crippen LogP contribution < -0.4 is 10.6 Å². The number of amides is 1. The lowest BCUT2D eigenvalue weighted by Crippen LogP contribution is -2.35. The number of phenols is 1. The molecule has 3 aromatic rings. The van der Waals surface area contributed by atoms with Crippen LogP contribution >= 0.6 is 0 Å². The first-order valence-corrected chi connectivity index (χ1v) is 11.5. The molecule has 32 heavy (non-hydrogen) atoms. The third-order valence-corrected chi connectivity index (χ3v) is 6.64. The molecule has 0 aliphatic carbocycles. The van der Waals surface area contributed by atoms with Crippen molar-refractivity contribution in [3.8, 4) is 5.75 Å². The fourth-order valence-electron chi connectivity index (χ4n) is 4.95. The zero-order chi connectivity index (χ0) is 22.2. The predicted octanol–water partition coefficient (Wildman–Crippen LogP) is 3.04. The quantitative estimate of drug-likeness (QED) is 0.657. The van der Waals surface area contributed by atoms with E-state index in [-0.39, 0.29) is 23.7 Å². The van der Waals surface area contributed by atoms with E-state index < -0.39 is 0 Å². The van der Waals surface area contributed by atoms with Crippen molar-refractivity contribution >= 4 is 17.4 Å². The molecule has 5 rings (SSSR count). The number of aromatic nitrogens is 3. The van der Waals surface area contributed by atoms with E-state index in [2.05, 4.69) is 4.90 Å². The van der Waals surface area contributed by atoms with Crippen LogP contribution in [0.5, 0.6) is 5.75 Å². The van der Waals surface area contributed by atoms with Crippen molar-refractivity contribution in [2.45, 2.75) is 51.1 Å². The standard InChI is InChI=1S/C24H30N6O2/c1-16-14-30-22(26-23(16)28-12-10-17(25)15-28)13-19(27-30)20-8-3-2-6-11-29(20)24(32)18-7-4-5-9-21(18)31/h4-5,7,9,13-14,17,20,31H,2-3,6,8,10-12,15,25H2,1H3/t17-,20-/m0/s1. The molecule has 2 atom stereocenters. The van der Waals surface area contributed by atoms with E-state index in [1.807, 2.05) is 28.6 Å². The molecule has 8 heteroatoms. The van der Waals surface area contributed by atoms with Gasteiger partial charge in [0.1, 0.15) is 11.6 Å². The Bertz CT molecular complexity index is 1140. The number of phenolic OH excluding ortho intramolecular Hbond substituents is 1. The van der Waals surface area contributed by atoms with Crippen LogP contribution in [0, 0.1) is 6.92 Å². The van der Waals surface area contributed by atoms with Crippen LogP contribution in [-0.2, 0) is 0 Å². The molecule has 1 aromatic carbocycles. The second-order valence-electron chi connectivity index (χ2n) is 9.00. The van der Waals surface area contributed by atoms with Crippen LogP contribution in [0.3, 0.4) is 0 Å². The van der Waals surface area contributed by atoms with Crippen LogP contribution in [0.4, 0.5) is 5.82 Å². The molecule has 0 radical (unpaired) electrons. The van der Waals surface area contributed by atoms with Gasteiger partial charge in [0.25, 0.3) is 5.91 Å². The molecule has 1 amide bonds. The van der Waals surface area contributed by atoms with Crippen LogP contribution in [0.1, 0.15) is 59.8 Å². The third kappa shape index (κ3) is 3.79. The van der Waals surface area contributed by atoms with Crippen LogP contribution in [0.2, 0.25) is 0 Å². The van der Waals surface area contributed by atoms with Crippen molar-refractivity contribution in [2.24, 2.45) is 5.73 Å². The lowest BCUT2D eigenvalue weighted by atomic mass is 10.1. The van der Waals surface area contributed by atoms with Gasteiger partial charge in [0.05, 0.1) is 17.3 Å². The number of nitrogens with zero attached hydrogens (tertiary/aromatic N) is 5. The summed E-state index contributed by atoms with van der Waals surface area (Å²) in [6.45, 7) is 4.43. The Kier molecular flexibility index (Phi) is 5.46. The fraction of sp³-hybridized carbons (Fsp3) is 0.458. The van der Waals surface area contributed by atoms with Gasteiger partial charge in [-0.15, -0.1) is 0 Å². The minimum Gasteiger partial charge on any atom is -0.507 e. The van der Waals surface area contributed by atoms with Crippen LogP contribution in [-0.4, -0.2) is 56.2 Å². The average Bonchev–Trinajstić information content (AvgIpc) is 3.30. The van der Waals surface area contributed by atoms with E-state index >= 15 is 0 Å². The van der Waals surface area contributed by atoms with Crippen molar-refractivity contribution in [1.82, 2.24) is 19.5 Å². The lowest BCUT2D eigenvalue weighted by molar-refractivity contribution is 0.0673. The number of carbonyl (C=O) groups excluding carboxylic acids is 1. The molecule has 0 saturated carbocycles. The second kappa shape index (κ2) is 8.43. The molecule has 0 spiro atoms. The summed E-state index contributed by atoms with van der Waals surface area (Å²) in [5.74, 6) is 0.823. The molecule has 0 bridgehead atoms. The van der Waals surface area contributed by atoms with Crippen molar-refractivity contribution in [2.75, 3.05) is 24.5 Å². The zero-order valence-electron chi connectivity index (χ0n) is 18.4. The summed E-state index contributed by atoms with van der Waals surface area (Å²) in [6.07, 6.45) is 6.88. The first-order valence-electron chi connectivity index (χ1n) is 11.5. The SMILES string of the molecule is Cc1cn2nc([C@@H]3CCCCCN3C(=O)c3ccccc3O)cc2nc1N1CC[C@H](N)C1. The number of fused-ring (bicyclic) bond motifs is 1. The van der Waals surface area contributed by atoms with Crippen molar-refractivity contribution in [1.29, 1.82) is 0 Å².